The third-order valence-corrected chi connectivity index (χ3v) is 1.97. The number of halogens is 3. The van der Waals surface area contributed by atoms with Gasteiger partial charge < -0.3 is 5.11 Å². The van der Waals surface area contributed by atoms with Gasteiger partial charge in [-0.3, -0.25) is 4.99 Å². The molecule has 0 atom stereocenters. The van der Waals surface area contributed by atoms with Crippen molar-refractivity contribution in [3.63, 3.8) is 0 Å². The van der Waals surface area contributed by atoms with Crippen LogP contribution in [0.5, 0.6) is 0 Å². The first kappa shape index (κ1) is 17.6. The molecule has 0 heterocycles. The summed E-state index contributed by atoms with van der Waals surface area (Å²) in [6, 6.07) is 0. The van der Waals surface area contributed by atoms with E-state index in [4.69, 9.17) is 5.11 Å². The Labute approximate surface area is 114 Å². The van der Waals surface area contributed by atoms with Crippen LogP contribution >= 0.6 is 0 Å². The third-order valence-electron chi connectivity index (χ3n) is 1.97. The maximum absolute atomic E-state index is 12.9. The maximum atomic E-state index is 12.9. The quantitative estimate of drug-likeness (QED) is 0.458. The fourth-order valence-electron chi connectivity index (χ4n) is 1.27. The highest BCUT2D eigenvalue weighted by molar-refractivity contribution is 6.13. The van der Waals surface area contributed by atoms with Crippen molar-refractivity contribution in [1.29, 1.82) is 0 Å². The van der Waals surface area contributed by atoms with E-state index in [-0.39, 0.29) is 17.0 Å². The van der Waals surface area contributed by atoms with Crippen LogP contribution in [0.15, 0.2) is 65.9 Å². The number of alkyl halides is 3. The minimum Gasteiger partial charge on any atom is -0.478 e. The number of carboxylic acids is 1. The van der Waals surface area contributed by atoms with Crippen molar-refractivity contribution in [3.8, 4) is 0 Å². The highest BCUT2D eigenvalue weighted by Crippen LogP contribution is 2.30. The van der Waals surface area contributed by atoms with Crippen LogP contribution in [-0.4, -0.2) is 23.0 Å². The van der Waals surface area contributed by atoms with Gasteiger partial charge in [0, 0.05) is 17.3 Å². The minimum atomic E-state index is -4.65. The van der Waals surface area contributed by atoms with E-state index in [9.17, 15) is 18.0 Å². The average Bonchev–Trinajstić information content (AvgIpc) is 2.29. The van der Waals surface area contributed by atoms with Crippen molar-refractivity contribution in [2.75, 3.05) is 0 Å². The fourth-order valence-corrected chi connectivity index (χ4v) is 1.27. The number of aliphatic imine (C=N–C) groups is 1. The molecule has 6 heteroatoms. The molecule has 0 rings (SSSR count). The zero-order chi connectivity index (χ0) is 15.9. The van der Waals surface area contributed by atoms with Gasteiger partial charge in [-0.25, -0.2) is 4.79 Å². The van der Waals surface area contributed by atoms with Crippen molar-refractivity contribution in [2.45, 2.75) is 13.1 Å². The number of carboxylic acid groups (broad SMARTS) is 1. The Kier molecular flexibility index (Phi) is 6.41. The number of aliphatic carboxylic acids is 1. The van der Waals surface area contributed by atoms with E-state index in [1.54, 1.807) is 0 Å². The first-order chi connectivity index (χ1) is 9.13. The van der Waals surface area contributed by atoms with Gasteiger partial charge in [-0.05, 0) is 13.0 Å². The smallest absolute Gasteiger partial charge is 0.417 e. The predicted octanol–water partition coefficient (Wildman–Crippen LogP) is 3.83. The van der Waals surface area contributed by atoms with Gasteiger partial charge in [0.1, 0.15) is 0 Å². The average molecular weight is 285 g/mol. The van der Waals surface area contributed by atoms with Crippen molar-refractivity contribution in [1.82, 2.24) is 0 Å². The molecule has 0 aromatic heterocycles. The number of hydrogen-bond acceptors (Lipinski definition) is 2. The second kappa shape index (κ2) is 7.28. The minimum absolute atomic E-state index is 0.206. The summed E-state index contributed by atoms with van der Waals surface area (Å²) in [5, 5.41) is 8.56. The number of carbonyl (C=O) groups is 1. The number of hydrogen-bond donors (Lipinski definition) is 1. The molecule has 0 bridgehead atoms. The van der Waals surface area contributed by atoms with Crippen molar-refractivity contribution >= 4 is 11.7 Å². The Morgan fingerprint density at radius 3 is 2.05 bits per heavy atom. The molecule has 20 heavy (non-hydrogen) atoms. The SMILES string of the molecule is C=CC(=C(\C=C)C(F)(F)F)/C(/C=C/C(=O)O)=N/C(=C)C. The summed E-state index contributed by atoms with van der Waals surface area (Å²) < 4.78 is 38.6. The lowest BCUT2D eigenvalue weighted by Crippen LogP contribution is -2.15. The molecule has 0 aliphatic heterocycles. The summed E-state index contributed by atoms with van der Waals surface area (Å²) in [6.07, 6.45) is -1.46. The van der Waals surface area contributed by atoms with E-state index in [0.717, 1.165) is 12.2 Å². The van der Waals surface area contributed by atoms with Gasteiger partial charge in [0.05, 0.1) is 11.3 Å². The summed E-state index contributed by atoms with van der Waals surface area (Å²) in [6.45, 7) is 11.3. The molecule has 0 spiro atoms. The fraction of sp³-hybridized carbons (Fsp3) is 0.143. The zero-order valence-corrected chi connectivity index (χ0v) is 10.9. The standard InChI is InChI=1S/C14H14F3NO2/c1-5-10(11(6-2)14(15,16)17)12(18-9(3)4)7-8-13(19)20/h5-8H,1-3H2,4H3,(H,19,20)/b8-7+,11-10-,18-12+. The summed E-state index contributed by atoms with van der Waals surface area (Å²) in [7, 11) is 0. The topological polar surface area (TPSA) is 49.7 Å². The highest BCUT2D eigenvalue weighted by Gasteiger charge is 2.34. The van der Waals surface area contributed by atoms with Gasteiger partial charge in [-0.1, -0.05) is 31.9 Å². The van der Waals surface area contributed by atoms with Crippen LogP contribution in [0.25, 0.3) is 0 Å². The zero-order valence-electron chi connectivity index (χ0n) is 10.9. The van der Waals surface area contributed by atoms with E-state index >= 15 is 0 Å². The van der Waals surface area contributed by atoms with Crippen LogP contribution in [0.3, 0.4) is 0 Å². The Hall–Kier alpha value is -2.37. The van der Waals surface area contributed by atoms with Crippen molar-refractivity contribution in [2.24, 2.45) is 4.99 Å². The first-order valence-corrected chi connectivity index (χ1v) is 5.35. The third kappa shape index (κ3) is 5.51. The van der Waals surface area contributed by atoms with E-state index < -0.39 is 17.7 Å². The predicted molar refractivity (Wildman–Crippen MR) is 72.5 cm³/mol. The second-order valence-electron chi connectivity index (χ2n) is 3.64. The molecular weight excluding hydrogens is 271 g/mol. The number of nitrogens with zero attached hydrogens (tertiary/aromatic N) is 1. The van der Waals surface area contributed by atoms with Gasteiger partial charge >= 0.3 is 12.1 Å². The highest BCUT2D eigenvalue weighted by atomic mass is 19.4. The van der Waals surface area contributed by atoms with Crippen LogP contribution in [0.1, 0.15) is 6.92 Å². The van der Waals surface area contributed by atoms with Crippen LogP contribution in [-0.2, 0) is 4.79 Å². The van der Waals surface area contributed by atoms with Gasteiger partial charge in [0.25, 0.3) is 0 Å². The molecule has 108 valence electrons. The molecule has 0 unspecified atom stereocenters. The maximum Gasteiger partial charge on any atom is 0.417 e. The normalized spacial score (nSPS) is 13.9. The van der Waals surface area contributed by atoms with E-state index in [1.165, 1.54) is 6.92 Å². The molecule has 0 aromatic rings. The summed E-state index contributed by atoms with van der Waals surface area (Å²) >= 11 is 0. The Balaban J connectivity index is 6.17. The van der Waals surface area contributed by atoms with Crippen LogP contribution in [0.2, 0.25) is 0 Å². The second-order valence-corrected chi connectivity index (χ2v) is 3.64. The number of allylic oxidation sites excluding steroid dienone is 6. The summed E-state index contributed by atoms with van der Waals surface area (Å²) in [5.41, 5.74) is -1.40. The molecule has 3 nitrogen and oxygen atoms in total. The Morgan fingerprint density at radius 1 is 1.20 bits per heavy atom. The number of rotatable bonds is 6. The van der Waals surface area contributed by atoms with E-state index in [0.29, 0.717) is 12.2 Å². The molecule has 0 amide bonds. The van der Waals surface area contributed by atoms with Crippen LogP contribution in [0, 0.1) is 0 Å². The molecule has 0 fully saturated rings. The first-order valence-electron chi connectivity index (χ1n) is 5.35. The lowest BCUT2D eigenvalue weighted by atomic mass is 10.0. The molecule has 0 aromatic carbocycles. The van der Waals surface area contributed by atoms with E-state index in [1.807, 2.05) is 0 Å². The Morgan fingerprint density at radius 2 is 1.75 bits per heavy atom. The molecule has 1 N–H and O–H groups in total. The van der Waals surface area contributed by atoms with Gasteiger partial charge in [0.15, 0.2) is 0 Å². The van der Waals surface area contributed by atoms with Gasteiger partial charge in [-0.2, -0.15) is 13.2 Å². The van der Waals surface area contributed by atoms with Gasteiger partial charge in [0.2, 0.25) is 0 Å². The molecule has 0 radical (unpaired) electrons. The van der Waals surface area contributed by atoms with Gasteiger partial charge in [-0.15, -0.1) is 0 Å². The molecular formula is C14H14F3NO2. The van der Waals surface area contributed by atoms with Crippen LogP contribution < -0.4 is 0 Å². The monoisotopic (exact) mass is 285 g/mol. The van der Waals surface area contributed by atoms with Crippen LogP contribution in [0.4, 0.5) is 13.2 Å². The summed E-state index contributed by atoms with van der Waals surface area (Å²) in [4.78, 5) is 14.3. The molecule has 0 saturated heterocycles. The van der Waals surface area contributed by atoms with Crippen molar-refractivity contribution in [3.05, 3.63) is 60.9 Å². The lowest BCUT2D eigenvalue weighted by Gasteiger charge is -2.13. The molecule has 0 aliphatic carbocycles. The summed E-state index contributed by atoms with van der Waals surface area (Å²) in [5.74, 6) is -1.31. The molecule has 0 aliphatic rings. The Bertz CT molecular complexity index is 523. The van der Waals surface area contributed by atoms with E-state index in [2.05, 4.69) is 24.7 Å². The largest absolute Gasteiger partial charge is 0.478 e. The lowest BCUT2D eigenvalue weighted by molar-refractivity contribution is -0.131. The molecule has 0 saturated carbocycles. The van der Waals surface area contributed by atoms with Crippen molar-refractivity contribution < 1.29 is 23.1 Å².